The van der Waals surface area contributed by atoms with Crippen molar-refractivity contribution >= 4 is 33.5 Å². The Kier molecular flexibility index (Phi) is 3.76. The fraction of sp³-hybridized carbons (Fsp3) is 0.250. The van der Waals surface area contributed by atoms with Crippen LogP contribution in [-0.2, 0) is 9.59 Å². The van der Waals surface area contributed by atoms with Crippen molar-refractivity contribution in [2.75, 3.05) is 0 Å². The van der Waals surface area contributed by atoms with Crippen LogP contribution in [0.1, 0.15) is 12.0 Å². The van der Waals surface area contributed by atoms with Crippen LogP contribution < -0.4 is 4.74 Å². The molecule has 2 aliphatic carbocycles. The van der Waals surface area contributed by atoms with E-state index < -0.39 is 23.8 Å². The van der Waals surface area contributed by atoms with Gasteiger partial charge in [-0.1, -0.05) is 54.6 Å². The summed E-state index contributed by atoms with van der Waals surface area (Å²) in [7, 11) is 0. The van der Waals surface area contributed by atoms with Crippen LogP contribution in [0.3, 0.4) is 0 Å². The molecule has 0 spiro atoms. The van der Waals surface area contributed by atoms with E-state index in [1.807, 2.05) is 61.5 Å². The summed E-state index contributed by atoms with van der Waals surface area (Å²) in [4.78, 5) is 25.0. The van der Waals surface area contributed by atoms with Crippen LogP contribution in [0, 0.1) is 30.6 Å². The number of hydrogen-bond donors (Lipinski definition) is 1. The number of rotatable bonds is 3. The van der Waals surface area contributed by atoms with Crippen LogP contribution in [0.5, 0.6) is 5.75 Å². The van der Waals surface area contributed by atoms with Crippen molar-refractivity contribution in [1.29, 1.82) is 0 Å². The van der Waals surface area contributed by atoms with Crippen molar-refractivity contribution in [2.24, 2.45) is 23.7 Å². The van der Waals surface area contributed by atoms with Crippen LogP contribution in [0.4, 0.5) is 0 Å². The highest BCUT2D eigenvalue weighted by molar-refractivity contribution is 6.07. The van der Waals surface area contributed by atoms with Crippen molar-refractivity contribution in [3.63, 3.8) is 0 Å². The predicted molar refractivity (Wildman–Crippen MR) is 107 cm³/mol. The van der Waals surface area contributed by atoms with Crippen LogP contribution in [0.2, 0.25) is 0 Å². The molecule has 1 fully saturated rings. The molecule has 3 aromatic carbocycles. The van der Waals surface area contributed by atoms with E-state index in [1.165, 1.54) is 0 Å². The number of aryl methyl sites for hydroxylation is 1. The van der Waals surface area contributed by atoms with Gasteiger partial charge < -0.3 is 9.84 Å². The SMILES string of the molecule is Cc1cccc2c(OC(=O)C3C4C=CC(C4)C3C(=O)O)c3ccccc3cc12. The molecule has 3 aromatic rings. The fourth-order valence-electron chi connectivity index (χ4n) is 4.96. The van der Waals surface area contributed by atoms with Gasteiger partial charge in [-0.25, -0.2) is 0 Å². The normalized spacial score (nSPS) is 25.5. The molecule has 0 saturated heterocycles. The molecule has 5 rings (SSSR count). The Morgan fingerprint density at radius 1 is 0.929 bits per heavy atom. The lowest BCUT2D eigenvalue weighted by atomic mass is 9.83. The van der Waals surface area contributed by atoms with Crippen molar-refractivity contribution in [3.05, 3.63) is 66.2 Å². The molecule has 1 N–H and O–H groups in total. The number of esters is 1. The number of carbonyl (C=O) groups is 2. The molecule has 0 radical (unpaired) electrons. The number of benzene rings is 3. The molecule has 0 aromatic heterocycles. The summed E-state index contributed by atoms with van der Waals surface area (Å²) in [5.41, 5.74) is 1.10. The number of carbonyl (C=O) groups excluding carboxylic acids is 1. The maximum atomic E-state index is 13.2. The van der Waals surface area contributed by atoms with Crippen molar-refractivity contribution in [3.8, 4) is 5.75 Å². The molecule has 4 unspecified atom stereocenters. The highest BCUT2D eigenvalue weighted by Gasteiger charge is 2.52. The summed E-state index contributed by atoms with van der Waals surface area (Å²) >= 11 is 0. The highest BCUT2D eigenvalue weighted by atomic mass is 16.5. The quantitative estimate of drug-likeness (QED) is 0.312. The molecular weight excluding hydrogens is 352 g/mol. The Morgan fingerprint density at radius 2 is 1.64 bits per heavy atom. The van der Waals surface area contributed by atoms with E-state index in [9.17, 15) is 14.7 Å². The van der Waals surface area contributed by atoms with Gasteiger partial charge >= 0.3 is 11.9 Å². The number of carboxylic acid groups (broad SMARTS) is 1. The van der Waals surface area contributed by atoms with Gasteiger partial charge in [-0.2, -0.15) is 0 Å². The molecule has 0 amide bonds. The first-order valence-corrected chi connectivity index (χ1v) is 9.58. The van der Waals surface area contributed by atoms with Crippen molar-refractivity contribution < 1.29 is 19.4 Å². The molecule has 4 atom stereocenters. The Balaban J connectivity index is 1.63. The van der Waals surface area contributed by atoms with Gasteiger partial charge in [-0.15, -0.1) is 0 Å². The smallest absolute Gasteiger partial charge is 0.315 e. The van der Waals surface area contributed by atoms with E-state index in [2.05, 4.69) is 6.07 Å². The van der Waals surface area contributed by atoms with E-state index in [0.29, 0.717) is 12.2 Å². The van der Waals surface area contributed by atoms with E-state index in [4.69, 9.17) is 4.74 Å². The number of hydrogen-bond acceptors (Lipinski definition) is 3. The largest absolute Gasteiger partial charge is 0.481 e. The summed E-state index contributed by atoms with van der Waals surface area (Å²) in [5.74, 6) is -2.30. The second-order valence-electron chi connectivity index (χ2n) is 7.86. The molecule has 0 heterocycles. The average Bonchev–Trinajstić information content (AvgIpc) is 3.30. The van der Waals surface area contributed by atoms with Crippen LogP contribution in [0.25, 0.3) is 21.5 Å². The van der Waals surface area contributed by atoms with Crippen LogP contribution in [0.15, 0.2) is 60.7 Å². The maximum Gasteiger partial charge on any atom is 0.315 e. The standard InChI is InChI=1S/C24H20O4/c1-13-5-4-8-18-19(13)12-14-6-2-3-7-17(14)22(18)28-24(27)21-16-10-9-15(11-16)20(21)23(25)26/h2-10,12,15-16,20-21H,11H2,1H3,(H,25,26). The monoisotopic (exact) mass is 372 g/mol. The first-order valence-electron chi connectivity index (χ1n) is 9.58. The molecule has 1 saturated carbocycles. The number of aliphatic carboxylic acids is 1. The molecule has 4 heteroatoms. The molecular formula is C24H20O4. The molecule has 140 valence electrons. The summed E-state index contributed by atoms with van der Waals surface area (Å²) < 4.78 is 5.98. The molecule has 2 bridgehead atoms. The van der Waals surface area contributed by atoms with Gasteiger partial charge in [0.1, 0.15) is 5.75 Å². The maximum absolute atomic E-state index is 13.2. The van der Waals surface area contributed by atoms with Crippen LogP contribution >= 0.6 is 0 Å². The summed E-state index contributed by atoms with van der Waals surface area (Å²) in [5, 5.41) is 13.4. The van der Waals surface area contributed by atoms with E-state index in [-0.39, 0.29) is 11.8 Å². The minimum atomic E-state index is -0.919. The zero-order chi connectivity index (χ0) is 19.4. The van der Waals surface area contributed by atoms with Gasteiger partial charge in [0.25, 0.3) is 0 Å². The van der Waals surface area contributed by atoms with Gasteiger partial charge in [0.2, 0.25) is 0 Å². The predicted octanol–water partition coefficient (Wildman–Crippen LogP) is 4.73. The van der Waals surface area contributed by atoms with E-state index >= 15 is 0 Å². The highest BCUT2D eigenvalue weighted by Crippen LogP contribution is 2.49. The van der Waals surface area contributed by atoms with Gasteiger partial charge in [0.15, 0.2) is 0 Å². The van der Waals surface area contributed by atoms with Gasteiger partial charge in [0.05, 0.1) is 11.8 Å². The second-order valence-corrected chi connectivity index (χ2v) is 7.86. The Bertz CT molecular complexity index is 1160. The lowest BCUT2D eigenvalue weighted by molar-refractivity contribution is -0.152. The molecule has 0 aliphatic heterocycles. The third-order valence-corrected chi connectivity index (χ3v) is 6.29. The minimum absolute atomic E-state index is 0.0541. The molecule has 28 heavy (non-hydrogen) atoms. The minimum Gasteiger partial charge on any atom is -0.481 e. The number of allylic oxidation sites excluding steroid dienone is 2. The summed E-state index contributed by atoms with van der Waals surface area (Å²) in [6.07, 6.45) is 4.62. The lowest BCUT2D eigenvalue weighted by Gasteiger charge is -2.23. The van der Waals surface area contributed by atoms with Crippen molar-refractivity contribution in [1.82, 2.24) is 0 Å². The molecule has 2 aliphatic rings. The second kappa shape index (κ2) is 6.20. The van der Waals surface area contributed by atoms with Crippen LogP contribution in [-0.4, -0.2) is 17.0 Å². The van der Waals surface area contributed by atoms with E-state index in [0.717, 1.165) is 27.1 Å². The Labute approximate surface area is 162 Å². The van der Waals surface area contributed by atoms with Gasteiger partial charge in [-0.3, -0.25) is 9.59 Å². The summed E-state index contributed by atoms with van der Waals surface area (Å²) in [6, 6.07) is 15.9. The first-order chi connectivity index (χ1) is 13.5. The lowest BCUT2D eigenvalue weighted by Crippen LogP contribution is -2.35. The fourth-order valence-corrected chi connectivity index (χ4v) is 4.96. The number of fused-ring (bicyclic) bond motifs is 4. The third kappa shape index (κ3) is 2.44. The summed E-state index contributed by atoms with van der Waals surface area (Å²) in [6.45, 7) is 2.03. The van der Waals surface area contributed by atoms with Gasteiger partial charge in [-0.05, 0) is 47.6 Å². The zero-order valence-electron chi connectivity index (χ0n) is 15.5. The zero-order valence-corrected chi connectivity index (χ0v) is 15.5. The third-order valence-electron chi connectivity index (χ3n) is 6.29. The first kappa shape index (κ1) is 17.0. The van der Waals surface area contributed by atoms with Crippen molar-refractivity contribution in [2.45, 2.75) is 13.3 Å². The topological polar surface area (TPSA) is 63.6 Å². The number of carboxylic acids is 1. The molecule has 4 nitrogen and oxygen atoms in total. The number of ether oxygens (including phenoxy) is 1. The van der Waals surface area contributed by atoms with E-state index in [1.54, 1.807) is 0 Å². The van der Waals surface area contributed by atoms with Gasteiger partial charge in [0, 0.05) is 10.8 Å². The Morgan fingerprint density at radius 3 is 2.43 bits per heavy atom. The average molecular weight is 372 g/mol. The Hall–Kier alpha value is -3.14.